The number of aliphatic carboxylic acids is 1. The van der Waals surface area contributed by atoms with Crippen LogP contribution < -0.4 is 0 Å². The number of carboxylic acid groups (broad SMARTS) is 1. The van der Waals surface area contributed by atoms with Crippen LogP contribution in [0.1, 0.15) is 5.56 Å². The van der Waals surface area contributed by atoms with Gasteiger partial charge in [-0.1, -0.05) is 0 Å². The highest BCUT2D eigenvalue weighted by molar-refractivity contribution is 9.11. The molecule has 1 heterocycles. The molecule has 0 spiro atoms. The van der Waals surface area contributed by atoms with Gasteiger partial charge in [0, 0.05) is 21.3 Å². The number of carboxylic acids is 1. The molecule has 0 aromatic carbocycles. The van der Waals surface area contributed by atoms with Crippen molar-refractivity contribution in [2.75, 3.05) is 0 Å². The molecular weight excluding hydrogens is 334 g/mol. The number of pyridine rings is 1. The van der Waals surface area contributed by atoms with E-state index in [9.17, 15) is 4.79 Å². The first-order valence-electron chi connectivity index (χ1n) is 3.71. The average Bonchev–Trinajstić information content (AvgIpc) is 2.11. The number of nitrogens with zero attached hydrogens (tertiary/aromatic N) is 1. The van der Waals surface area contributed by atoms with Gasteiger partial charge < -0.3 is 5.11 Å². The van der Waals surface area contributed by atoms with Crippen molar-refractivity contribution in [2.45, 2.75) is 11.7 Å². The lowest BCUT2D eigenvalue weighted by Crippen LogP contribution is -2.16. The maximum atomic E-state index is 10.6. The molecule has 0 aliphatic rings. The summed E-state index contributed by atoms with van der Waals surface area (Å²) in [4.78, 5) is 14.5. The Bertz CT molecular complexity index is 339. The number of aromatic nitrogens is 1. The van der Waals surface area contributed by atoms with Crippen LogP contribution in [-0.4, -0.2) is 21.3 Å². The number of hydrogen-bond acceptors (Lipinski definition) is 3. The van der Waals surface area contributed by atoms with Crippen LogP contribution in [0.3, 0.4) is 0 Å². The first-order valence-corrected chi connectivity index (χ1v) is 5.81. The van der Waals surface area contributed by atoms with Gasteiger partial charge in [0.2, 0.25) is 0 Å². The number of thiol groups is 1. The third-order valence-corrected chi connectivity index (χ3v) is 3.41. The molecule has 1 unspecified atom stereocenters. The molecule has 0 bridgehead atoms. The summed E-state index contributed by atoms with van der Waals surface area (Å²) in [6.07, 6.45) is 3.60. The van der Waals surface area contributed by atoms with Gasteiger partial charge in [-0.25, -0.2) is 0 Å². The first kappa shape index (κ1) is 12.0. The number of carbonyl (C=O) groups is 1. The Morgan fingerprint density at radius 3 is 2.43 bits per heavy atom. The van der Waals surface area contributed by atoms with E-state index in [1.165, 1.54) is 0 Å². The van der Waals surface area contributed by atoms with Gasteiger partial charge in [0.15, 0.2) is 0 Å². The van der Waals surface area contributed by atoms with E-state index in [2.05, 4.69) is 49.5 Å². The summed E-state index contributed by atoms with van der Waals surface area (Å²) in [5.74, 6) is -0.927. The van der Waals surface area contributed by atoms with E-state index < -0.39 is 11.2 Å². The van der Waals surface area contributed by atoms with E-state index in [4.69, 9.17) is 5.11 Å². The summed E-state index contributed by atoms with van der Waals surface area (Å²) in [6, 6.07) is 0. The molecule has 0 saturated heterocycles. The Morgan fingerprint density at radius 2 is 2.00 bits per heavy atom. The molecule has 1 rings (SSSR count). The molecule has 1 N–H and O–H groups in total. The number of halogens is 2. The highest BCUT2D eigenvalue weighted by Crippen LogP contribution is 2.26. The standard InChI is InChI=1S/C8H7Br2NO2S/c9-5-2-11-3-6(10)4(5)1-7(14)8(12)13/h2-3,7,14H,1H2,(H,12,13). The summed E-state index contributed by atoms with van der Waals surface area (Å²) < 4.78 is 1.57. The third-order valence-electron chi connectivity index (χ3n) is 1.63. The van der Waals surface area contributed by atoms with Crippen LogP contribution in [0.2, 0.25) is 0 Å². The fourth-order valence-electron chi connectivity index (χ4n) is 0.914. The highest BCUT2D eigenvalue weighted by Gasteiger charge is 2.16. The summed E-state index contributed by atoms with van der Waals surface area (Å²) in [7, 11) is 0. The minimum absolute atomic E-state index is 0.349. The molecule has 1 atom stereocenters. The largest absolute Gasteiger partial charge is 0.480 e. The number of hydrogen-bond donors (Lipinski definition) is 2. The molecule has 1 aromatic heterocycles. The molecular formula is C8H7Br2NO2S. The zero-order valence-corrected chi connectivity index (χ0v) is 11.0. The van der Waals surface area contributed by atoms with Crippen molar-refractivity contribution in [3.05, 3.63) is 26.9 Å². The number of rotatable bonds is 3. The quantitative estimate of drug-likeness (QED) is 0.831. The summed E-state index contributed by atoms with van der Waals surface area (Å²) >= 11 is 10.6. The predicted octanol–water partition coefficient (Wildman–Crippen LogP) is 2.53. The van der Waals surface area contributed by atoms with E-state index in [0.717, 1.165) is 14.5 Å². The summed E-state index contributed by atoms with van der Waals surface area (Å²) in [5, 5.41) is 8.00. The normalized spacial score (nSPS) is 12.5. The lowest BCUT2D eigenvalue weighted by molar-refractivity contribution is -0.136. The van der Waals surface area contributed by atoms with Crippen LogP contribution in [0, 0.1) is 0 Å². The molecule has 76 valence electrons. The molecule has 0 saturated carbocycles. The summed E-state index contributed by atoms with van der Waals surface area (Å²) in [5.41, 5.74) is 0.863. The van der Waals surface area contributed by atoms with E-state index >= 15 is 0 Å². The van der Waals surface area contributed by atoms with E-state index in [1.807, 2.05) is 0 Å². The lowest BCUT2D eigenvalue weighted by atomic mass is 10.1. The van der Waals surface area contributed by atoms with Crippen molar-refractivity contribution >= 4 is 50.5 Å². The predicted molar refractivity (Wildman–Crippen MR) is 63.8 cm³/mol. The van der Waals surface area contributed by atoms with Crippen molar-refractivity contribution < 1.29 is 9.90 Å². The van der Waals surface area contributed by atoms with Gasteiger partial charge in [0.25, 0.3) is 0 Å². The van der Waals surface area contributed by atoms with E-state index in [0.29, 0.717) is 6.42 Å². The van der Waals surface area contributed by atoms with Crippen molar-refractivity contribution in [1.82, 2.24) is 4.98 Å². The molecule has 3 nitrogen and oxygen atoms in total. The van der Waals surface area contributed by atoms with Crippen molar-refractivity contribution in [3.8, 4) is 0 Å². The Hall–Kier alpha value is -0.0700. The van der Waals surface area contributed by atoms with Crippen LogP contribution in [0.5, 0.6) is 0 Å². The topological polar surface area (TPSA) is 50.2 Å². The minimum atomic E-state index is -0.927. The van der Waals surface area contributed by atoms with Crippen molar-refractivity contribution in [1.29, 1.82) is 0 Å². The zero-order chi connectivity index (χ0) is 10.7. The maximum absolute atomic E-state index is 10.6. The zero-order valence-electron chi connectivity index (χ0n) is 6.94. The van der Waals surface area contributed by atoms with Crippen molar-refractivity contribution in [2.24, 2.45) is 0 Å². The second-order valence-electron chi connectivity index (χ2n) is 2.64. The highest BCUT2D eigenvalue weighted by atomic mass is 79.9. The van der Waals surface area contributed by atoms with Gasteiger partial charge in [-0.05, 0) is 43.8 Å². The van der Waals surface area contributed by atoms with Gasteiger partial charge >= 0.3 is 5.97 Å². The monoisotopic (exact) mass is 339 g/mol. The molecule has 6 heteroatoms. The summed E-state index contributed by atoms with van der Waals surface area (Å²) in [6.45, 7) is 0. The molecule has 0 radical (unpaired) electrons. The lowest BCUT2D eigenvalue weighted by Gasteiger charge is -2.08. The van der Waals surface area contributed by atoms with Gasteiger partial charge in [0.1, 0.15) is 5.25 Å². The van der Waals surface area contributed by atoms with Crippen LogP contribution in [-0.2, 0) is 11.2 Å². The van der Waals surface area contributed by atoms with Gasteiger partial charge in [-0.15, -0.1) is 0 Å². The van der Waals surface area contributed by atoms with Crippen LogP contribution in [0.15, 0.2) is 21.3 Å². The van der Waals surface area contributed by atoms with Gasteiger partial charge in [0.05, 0.1) is 0 Å². The molecule has 0 fully saturated rings. The minimum Gasteiger partial charge on any atom is -0.480 e. The molecule has 1 aromatic rings. The van der Waals surface area contributed by atoms with Gasteiger partial charge in [-0.3, -0.25) is 9.78 Å². The van der Waals surface area contributed by atoms with Crippen LogP contribution in [0.4, 0.5) is 0 Å². The average molecular weight is 341 g/mol. The van der Waals surface area contributed by atoms with Crippen LogP contribution >= 0.6 is 44.5 Å². The Kier molecular flexibility index (Phi) is 4.40. The third kappa shape index (κ3) is 2.96. The van der Waals surface area contributed by atoms with E-state index in [-0.39, 0.29) is 0 Å². The van der Waals surface area contributed by atoms with E-state index in [1.54, 1.807) is 12.4 Å². The van der Waals surface area contributed by atoms with Crippen LogP contribution in [0.25, 0.3) is 0 Å². The Balaban J connectivity index is 2.91. The van der Waals surface area contributed by atoms with Crippen molar-refractivity contribution in [3.63, 3.8) is 0 Å². The maximum Gasteiger partial charge on any atom is 0.316 e. The molecule has 0 amide bonds. The second-order valence-corrected chi connectivity index (χ2v) is 4.97. The SMILES string of the molecule is O=C(O)C(S)Cc1c(Br)cncc1Br. The first-order chi connectivity index (χ1) is 6.52. The molecule has 14 heavy (non-hydrogen) atoms. The smallest absolute Gasteiger partial charge is 0.316 e. The Morgan fingerprint density at radius 1 is 1.50 bits per heavy atom. The molecule has 0 aliphatic heterocycles. The second kappa shape index (κ2) is 5.14. The fraction of sp³-hybridized carbons (Fsp3) is 0.250. The Labute approximate surface area is 104 Å². The molecule has 0 aliphatic carbocycles. The fourth-order valence-corrected chi connectivity index (χ4v) is 2.35. The van der Waals surface area contributed by atoms with Gasteiger partial charge in [-0.2, -0.15) is 12.6 Å².